The van der Waals surface area contributed by atoms with Crippen molar-refractivity contribution < 1.29 is 247 Å². The standard InChI is InChI=1S/C6H8O8.3Cs/c7-2(8)1-6(14,5(12)13)3(9)4(10)11;;;/h3,9,14H,1H2,(H,7,8)(H,10,11)(H,12,13);;;/q;3*+1/p-3. The van der Waals surface area contributed by atoms with Gasteiger partial charge >= 0.3 is 207 Å². The Balaban J connectivity index is -0.000000282. The largest absolute Gasteiger partial charge is 1.00 e. The minimum Gasteiger partial charge on any atom is -0.550 e. The number of rotatable bonds is 5. The van der Waals surface area contributed by atoms with E-state index >= 15 is 0 Å². The van der Waals surface area contributed by atoms with Crippen LogP contribution < -0.4 is 222 Å². The number of aliphatic carboxylic acids is 3. The molecule has 0 radical (unpaired) electrons. The van der Waals surface area contributed by atoms with Crippen LogP contribution in [0.3, 0.4) is 0 Å². The van der Waals surface area contributed by atoms with Gasteiger partial charge in [0.25, 0.3) is 0 Å². The Morgan fingerprint density at radius 2 is 1.41 bits per heavy atom. The Hall–Kier alpha value is 4.49. The van der Waals surface area contributed by atoms with E-state index in [0.717, 1.165) is 0 Å². The summed E-state index contributed by atoms with van der Waals surface area (Å²) in [7, 11) is 0. The molecule has 0 fully saturated rings. The number of carboxylic acids is 3. The van der Waals surface area contributed by atoms with Gasteiger partial charge in [0.1, 0.15) is 11.7 Å². The fraction of sp³-hybridized carbons (Fsp3) is 0.500. The third-order valence-corrected chi connectivity index (χ3v) is 1.44. The first-order valence-electron chi connectivity index (χ1n) is 3.24. The third kappa shape index (κ3) is 10.8. The zero-order valence-electron chi connectivity index (χ0n) is 9.63. The van der Waals surface area contributed by atoms with Crippen LogP contribution in [0.15, 0.2) is 0 Å². The van der Waals surface area contributed by atoms with Gasteiger partial charge in [0.15, 0.2) is 0 Å². The molecule has 2 unspecified atom stereocenters. The zero-order chi connectivity index (χ0) is 11.5. The molecular formula is C6H5Cs3O8. The molecule has 0 rings (SSSR count). The molecular weight excluding hydrogens is 599 g/mol. The first-order valence-corrected chi connectivity index (χ1v) is 3.24. The number of aliphatic hydroxyl groups is 2. The summed E-state index contributed by atoms with van der Waals surface area (Å²) in [6, 6.07) is 0. The Morgan fingerprint density at radius 1 is 1.06 bits per heavy atom. The molecule has 0 aliphatic carbocycles. The van der Waals surface area contributed by atoms with Crippen LogP contribution in [0.5, 0.6) is 0 Å². The molecule has 0 spiro atoms. The van der Waals surface area contributed by atoms with Crippen LogP contribution in [0.25, 0.3) is 0 Å². The van der Waals surface area contributed by atoms with E-state index in [-0.39, 0.29) is 207 Å². The Morgan fingerprint density at radius 3 is 1.59 bits per heavy atom. The van der Waals surface area contributed by atoms with Crippen LogP contribution in [0.2, 0.25) is 0 Å². The van der Waals surface area contributed by atoms with Crippen LogP contribution in [0.1, 0.15) is 6.42 Å². The molecule has 0 aliphatic rings. The van der Waals surface area contributed by atoms with Gasteiger partial charge in [-0.05, 0) is 0 Å². The molecule has 17 heavy (non-hydrogen) atoms. The Kier molecular flexibility index (Phi) is 24.5. The molecule has 2 N–H and O–H groups in total. The molecule has 8 nitrogen and oxygen atoms in total. The van der Waals surface area contributed by atoms with Crippen LogP contribution in [-0.4, -0.2) is 39.8 Å². The molecule has 0 saturated heterocycles. The fourth-order valence-electron chi connectivity index (χ4n) is 0.695. The summed E-state index contributed by atoms with van der Waals surface area (Å²) >= 11 is 0. The van der Waals surface area contributed by atoms with Crippen LogP contribution in [0, 0.1) is 0 Å². The van der Waals surface area contributed by atoms with Crippen molar-refractivity contribution in [2.45, 2.75) is 18.1 Å². The molecule has 0 aromatic carbocycles. The number of carboxylic acid groups (broad SMARTS) is 3. The van der Waals surface area contributed by atoms with E-state index < -0.39 is 36.0 Å². The van der Waals surface area contributed by atoms with Gasteiger partial charge in [-0.25, -0.2) is 0 Å². The molecule has 0 heterocycles. The molecule has 0 aromatic heterocycles. The average molecular weight is 604 g/mol. The quantitative estimate of drug-likeness (QED) is 0.313. The van der Waals surface area contributed by atoms with Crippen LogP contribution >= 0.6 is 0 Å². The minimum atomic E-state index is -3.46. The van der Waals surface area contributed by atoms with Crippen molar-refractivity contribution in [3.63, 3.8) is 0 Å². The molecule has 11 heteroatoms. The number of hydrogen-bond acceptors (Lipinski definition) is 8. The van der Waals surface area contributed by atoms with E-state index in [1.807, 2.05) is 0 Å². The summed E-state index contributed by atoms with van der Waals surface area (Å²) in [5.41, 5.74) is -3.46. The van der Waals surface area contributed by atoms with Crippen LogP contribution in [-0.2, 0) is 14.4 Å². The topological polar surface area (TPSA) is 161 Å². The summed E-state index contributed by atoms with van der Waals surface area (Å²) in [6.45, 7) is 0. The summed E-state index contributed by atoms with van der Waals surface area (Å²) in [5.74, 6) is -6.84. The van der Waals surface area contributed by atoms with Crippen molar-refractivity contribution in [1.82, 2.24) is 0 Å². The van der Waals surface area contributed by atoms with Gasteiger partial charge < -0.3 is 39.9 Å². The van der Waals surface area contributed by atoms with E-state index in [4.69, 9.17) is 10.2 Å². The molecule has 0 bridgehead atoms. The van der Waals surface area contributed by atoms with Gasteiger partial charge in [-0.1, -0.05) is 0 Å². The second kappa shape index (κ2) is 14.1. The van der Waals surface area contributed by atoms with E-state index in [1.54, 1.807) is 0 Å². The second-order valence-electron chi connectivity index (χ2n) is 2.48. The van der Waals surface area contributed by atoms with Crippen molar-refractivity contribution in [3.05, 3.63) is 0 Å². The van der Waals surface area contributed by atoms with Crippen molar-refractivity contribution in [1.29, 1.82) is 0 Å². The molecule has 0 saturated carbocycles. The Bertz CT molecular complexity index is 282. The van der Waals surface area contributed by atoms with Gasteiger partial charge in [0.2, 0.25) is 0 Å². The van der Waals surface area contributed by atoms with E-state index in [9.17, 15) is 29.7 Å². The SMILES string of the molecule is O=C([O-])CC(O)(C(=O)[O-])C(O)C(=O)[O-].[Cs+].[Cs+].[Cs+]. The molecule has 0 aromatic rings. The van der Waals surface area contributed by atoms with Crippen molar-refractivity contribution in [2.75, 3.05) is 0 Å². The number of aliphatic hydroxyl groups excluding tert-OH is 1. The summed E-state index contributed by atoms with van der Waals surface area (Å²) < 4.78 is 0. The molecule has 2 atom stereocenters. The monoisotopic (exact) mass is 604 g/mol. The van der Waals surface area contributed by atoms with Crippen molar-refractivity contribution in [2.24, 2.45) is 0 Å². The predicted molar refractivity (Wildman–Crippen MR) is 30.6 cm³/mol. The smallest absolute Gasteiger partial charge is 0.550 e. The van der Waals surface area contributed by atoms with E-state index in [0.29, 0.717) is 0 Å². The maximum atomic E-state index is 10.2. The molecule has 0 aliphatic heterocycles. The van der Waals surface area contributed by atoms with E-state index in [1.165, 1.54) is 0 Å². The Labute approximate surface area is 273 Å². The maximum absolute atomic E-state index is 10.2. The van der Waals surface area contributed by atoms with Crippen molar-refractivity contribution in [3.8, 4) is 0 Å². The summed E-state index contributed by atoms with van der Waals surface area (Å²) in [5, 5.41) is 47.8. The van der Waals surface area contributed by atoms with Gasteiger partial charge in [0.05, 0.1) is 11.9 Å². The number of carbonyl (C=O) groups excluding carboxylic acids is 3. The average Bonchev–Trinajstić information content (AvgIpc) is 2.00. The normalized spacial score (nSPS) is 13.8. The van der Waals surface area contributed by atoms with Gasteiger partial charge in [-0.3, -0.25) is 0 Å². The maximum Gasteiger partial charge on any atom is 1.00 e. The number of carbonyl (C=O) groups is 3. The first-order chi connectivity index (χ1) is 6.21. The predicted octanol–water partition coefficient (Wildman–Crippen LogP) is -15.3. The zero-order valence-corrected chi connectivity index (χ0v) is 28.5. The summed E-state index contributed by atoms with van der Waals surface area (Å²) in [6.07, 6.45) is -4.53. The van der Waals surface area contributed by atoms with Crippen LogP contribution in [0.4, 0.5) is 0 Å². The minimum absolute atomic E-state index is 0. The van der Waals surface area contributed by atoms with Gasteiger partial charge in [0, 0.05) is 12.4 Å². The molecule has 80 valence electrons. The molecule has 0 amide bonds. The van der Waals surface area contributed by atoms with Gasteiger partial charge in [-0.2, -0.15) is 0 Å². The van der Waals surface area contributed by atoms with E-state index in [2.05, 4.69) is 0 Å². The van der Waals surface area contributed by atoms with Gasteiger partial charge in [-0.15, -0.1) is 0 Å². The summed E-state index contributed by atoms with van der Waals surface area (Å²) in [4.78, 5) is 30.2. The fourth-order valence-corrected chi connectivity index (χ4v) is 0.695. The first kappa shape index (κ1) is 29.5. The number of hydrogen-bond donors (Lipinski definition) is 2. The second-order valence-corrected chi connectivity index (χ2v) is 2.48. The van der Waals surface area contributed by atoms with Crippen molar-refractivity contribution >= 4 is 17.9 Å². The third-order valence-electron chi connectivity index (χ3n) is 1.44.